The summed E-state index contributed by atoms with van der Waals surface area (Å²) in [5.74, 6) is 0. The first-order valence-electron chi connectivity index (χ1n) is 9.97. The molecule has 0 aliphatic heterocycles. The Hall–Kier alpha value is -2.67. The van der Waals surface area contributed by atoms with Gasteiger partial charge in [-0.1, -0.05) is 86.3 Å². The predicted octanol–water partition coefficient (Wildman–Crippen LogP) is 6.20. The smallest absolute Gasteiger partial charge is 0.208 e. The molecule has 0 aliphatic carbocycles. The van der Waals surface area contributed by atoms with E-state index in [1.54, 1.807) is 0 Å². The van der Waals surface area contributed by atoms with Gasteiger partial charge in [0.05, 0.1) is 0 Å². The van der Waals surface area contributed by atoms with Crippen molar-refractivity contribution in [3.63, 3.8) is 0 Å². The molecule has 0 radical (unpaired) electrons. The minimum absolute atomic E-state index is 0.0338. The molecule has 2 nitrogen and oxygen atoms in total. The van der Waals surface area contributed by atoms with Crippen LogP contribution in [0.3, 0.4) is 0 Å². The molecular weight excluding hydrogens is 373 g/mol. The lowest BCUT2D eigenvalue weighted by molar-refractivity contribution is 0.347. The van der Waals surface area contributed by atoms with Gasteiger partial charge in [0.25, 0.3) is 0 Å². The SMILES string of the molecule is C=CCN([C@@H](CC)c1ccccc1C=C)P(=O)(c1ccccc1)c1ccccc1. The summed E-state index contributed by atoms with van der Waals surface area (Å²) in [5, 5.41) is 1.67. The van der Waals surface area contributed by atoms with E-state index in [0.29, 0.717) is 6.54 Å². The average molecular weight is 401 g/mol. The van der Waals surface area contributed by atoms with Gasteiger partial charge in [-0.15, -0.1) is 6.58 Å². The molecule has 0 amide bonds. The third-order valence-corrected chi connectivity index (χ3v) is 8.37. The summed E-state index contributed by atoms with van der Waals surface area (Å²) in [7, 11) is -3.09. The van der Waals surface area contributed by atoms with E-state index in [9.17, 15) is 4.57 Å². The maximum atomic E-state index is 14.9. The Morgan fingerprint density at radius 2 is 1.38 bits per heavy atom. The van der Waals surface area contributed by atoms with E-state index in [1.165, 1.54) is 0 Å². The van der Waals surface area contributed by atoms with Gasteiger partial charge in [0, 0.05) is 23.2 Å². The third kappa shape index (κ3) is 4.19. The van der Waals surface area contributed by atoms with Crippen molar-refractivity contribution in [2.45, 2.75) is 19.4 Å². The summed E-state index contributed by atoms with van der Waals surface area (Å²) in [5.41, 5.74) is 2.21. The monoisotopic (exact) mass is 401 g/mol. The highest BCUT2D eigenvalue weighted by molar-refractivity contribution is 7.76. The topological polar surface area (TPSA) is 20.3 Å². The lowest BCUT2D eigenvalue weighted by Gasteiger charge is -2.38. The Labute approximate surface area is 174 Å². The van der Waals surface area contributed by atoms with Crippen LogP contribution in [0.5, 0.6) is 0 Å². The lowest BCUT2D eigenvalue weighted by Crippen LogP contribution is -2.35. The molecular formula is C26H28NOP. The van der Waals surface area contributed by atoms with Crippen LogP contribution in [-0.2, 0) is 4.57 Å². The van der Waals surface area contributed by atoms with Crippen LogP contribution in [0, 0.1) is 0 Å². The molecule has 0 bridgehead atoms. The molecule has 0 heterocycles. The summed E-state index contributed by atoms with van der Waals surface area (Å²) >= 11 is 0. The van der Waals surface area contributed by atoms with Crippen LogP contribution in [-0.4, -0.2) is 11.2 Å². The largest absolute Gasteiger partial charge is 0.296 e. The Bertz CT molecular complexity index is 954. The Balaban J connectivity index is 2.25. The zero-order valence-electron chi connectivity index (χ0n) is 16.9. The number of nitrogens with zero attached hydrogens (tertiary/aromatic N) is 1. The zero-order valence-corrected chi connectivity index (χ0v) is 17.8. The first-order chi connectivity index (χ1) is 14.2. The summed E-state index contributed by atoms with van der Waals surface area (Å²) < 4.78 is 17.1. The van der Waals surface area contributed by atoms with Gasteiger partial charge in [0.15, 0.2) is 0 Å². The van der Waals surface area contributed by atoms with E-state index in [2.05, 4.69) is 36.9 Å². The normalized spacial score (nSPS) is 12.5. The van der Waals surface area contributed by atoms with Crippen molar-refractivity contribution in [3.8, 4) is 0 Å². The van der Waals surface area contributed by atoms with E-state index < -0.39 is 7.29 Å². The van der Waals surface area contributed by atoms with Crippen LogP contribution in [0.1, 0.15) is 30.5 Å². The van der Waals surface area contributed by atoms with Crippen molar-refractivity contribution < 1.29 is 4.57 Å². The second kappa shape index (κ2) is 9.69. The number of benzene rings is 3. The second-order valence-electron chi connectivity index (χ2n) is 6.91. The first kappa shape index (κ1) is 21.0. The number of hydrogen-bond acceptors (Lipinski definition) is 1. The van der Waals surface area contributed by atoms with Gasteiger partial charge in [0.1, 0.15) is 0 Å². The van der Waals surface area contributed by atoms with Crippen LogP contribution in [0.2, 0.25) is 0 Å². The average Bonchev–Trinajstić information content (AvgIpc) is 2.80. The van der Waals surface area contributed by atoms with E-state index >= 15 is 0 Å². The fourth-order valence-corrected chi connectivity index (χ4v) is 6.94. The standard InChI is InChI=1S/C26H28NOP/c1-4-21-27(26(6-3)25-20-14-13-15-22(25)5-2)29(28,23-16-9-7-10-17-23)24-18-11-8-12-19-24/h4-5,7-20,26H,1-2,6,21H2,3H3/t26-/m0/s1. The molecule has 0 fully saturated rings. The van der Waals surface area contributed by atoms with Gasteiger partial charge < -0.3 is 0 Å². The highest BCUT2D eigenvalue weighted by atomic mass is 31.2. The molecule has 0 unspecified atom stereocenters. The first-order valence-corrected chi connectivity index (χ1v) is 11.6. The van der Waals surface area contributed by atoms with Crippen LogP contribution < -0.4 is 10.6 Å². The fourth-order valence-electron chi connectivity index (χ4n) is 3.87. The highest BCUT2D eigenvalue weighted by Crippen LogP contribution is 2.53. The van der Waals surface area contributed by atoms with Crippen LogP contribution in [0.15, 0.2) is 104 Å². The van der Waals surface area contributed by atoms with Gasteiger partial charge in [0.2, 0.25) is 7.29 Å². The molecule has 1 atom stereocenters. The summed E-state index contributed by atoms with van der Waals surface area (Å²) in [4.78, 5) is 0. The van der Waals surface area contributed by atoms with Crippen molar-refractivity contribution in [1.82, 2.24) is 4.67 Å². The molecule has 3 heteroatoms. The molecule has 0 saturated heterocycles. The Morgan fingerprint density at radius 3 is 1.86 bits per heavy atom. The Kier molecular flexibility index (Phi) is 7.04. The molecule has 3 rings (SSSR count). The van der Waals surface area contributed by atoms with Crippen molar-refractivity contribution in [1.29, 1.82) is 0 Å². The molecule has 0 N–H and O–H groups in total. The minimum Gasteiger partial charge on any atom is -0.296 e. The van der Waals surface area contributed by atoms with Crippen LogP contribution in [0.25, 0.3) is 6.08 Å². The maximum absolute atomic E-state index is 14.9. The molecule has 0 spiro atoms. The molecule has 0 aromatic heterocycles. The van der Waals surface area contributed by atoms with Gasteiger partial charge in [-0.05, 0) is 41.8 Å². The highest BCUT2D eigenvalue weighted by Gasteiger charge is 2.38. The zero-order chi connectivity index (χ0) is 20.7. The van der Waals surface area contributed by atoms with E-state index in [4.69, 9.17) is 0 Å². The van der Waals surface area contributed by atoms with Gasteiger partial charge >= 0.3 is 0 Å². The number of rotatable bonds is 9. The van der Waals surface area contributed by atoms with E-state index in [1.807, 2.05) is 84.9 Å². The van der Waals surface area contributed by atoms with Crippen molar-refractivity contribution >= 4 is 24.0 Å². The number of hydrogen-bond donors (Lipinski definition) is 0. The van der Waals surface area contributed by atoms with Gasteiger partial charge in [-0.3, -0.25) is 4.57 Å². The maximum Gasteiger partial charge on any atom is 0.208 e. The van der Waals surface area contributed by atoms with Gasteiger partial charge in [-0.2, -0.15) is 0 Å². The van der Waals surface area contributed by atoms with Crippen molar-refractivity contribution in [3.05, 3.63) is 115 Å². The molecule has 29 heavy (non-hydrogen) atoms. The minimum atomic E-state index is -3.09. The van der Waals surface area contributed by atoms with E-state index in [0.717, 1.165) is 28.2 Å². The molecule has 3 aromatic carbocycles. The molecule has 0 saturated carbocycles. The van der Waals surface area contributed by atoms with Crippen molar-refractivity contribution in [2.75, 3.05) is 6.54 Å². The molecule has 148 valence electrons. The predicted molar refractivity (Wildman–Crippen MR) is 126 cm³/mol. The van der Waals surface area contributed by atoms with Crippen LogP contribution in [0.4, 0.5) is 0 Å². The second-order valence-corrected chi connectivity index (χ2v) is 9.61. The van der Waals surface area contributed by atoms with Crippen molar-refractivity contribution in [2.24, 2.45) is 0 Å². The fraction of sp³-hybridized carbons (Fsp3) is 0.154. The van der Waals surface area contributed by atoms with Crippen LogP contribution >= 0.6 is 7.29 Å². The molecule has 3 aromatic rings. The summed E-state index contributed by atoms with van der Waals surface area (Å²) in [6, 6.07) is 27.8. The summed E-state index contributed by atoms with van der Waals surface area (Å²) in [6.45, 7) is 10.6. The molecule has 0 aliphatic rings. The lowest BCUT2D eigenvalue weighted by atomic mass is 9.98. The quantitative estimate of drug-likeness (QED) is 0.314. The summed E-state index contributed by atoms with van der Waals surface area (Å²) in [6.07, 6.45) is 4.54. The van der Waals surface area contributed by atoms with Gasteiger partial charge in [-0.25, -0.2) is 4.67 Å². The Morgan fingerprint density at radius 1 is 0.862 bits per heavy atom. The third-order valence-electron chi connectivity index (χ3n) is 5.21. The van der Waals surface area contributed by atoms with E-state index in [-0.39, 0.29) is 6.04 Å².